The lowest BCUT2D eigenvalue weighted by Crippen LogP contribution is -2.09. The Labute approximate surface area is 95.1 Å². The van der Waals surface area contributed by atoms with E-state index >= 15 is 0 Å². The highest BCUT2D eigenvalue weighted by Gasteiger charge is 2.33. The van der Waals surface area contributed by atoms with Crippen LogP contribution < -0.4 is 0 Å². The van der Waals surface area contributed by atoms with Crippen LogP contribution in [0, 0.1) is 0 Å². The first-order valence-electron chi connectivity index (χ1n) is 3.69. The van der Waals surface area contributed by atoms with Gasteiger partial charge in [0.1, 0.15) is 5.75 Å². The Morgan fingerprint density at radius 2 is 1.18 bits per heavy atom. The van der Waals surface area contributed by atoms with E-state index in [0.717, 1.165) is 0 Å². The van der Waals surface area contributed by atoms with Crippen LogP contribution in [0.4, 0.5) is 0 Å². The molecule has 1 rings (SSSR count). The first-order chi connectivity index (χ1) is 7.46. The summed E-state index contributed by atoms with van der Waals surface area (Å²) < 4.78 is 60.6. The van der Waals surface area contributed by atoms with Gasteiger partial charge >= 0.3 is 0 Å². The van der Waals surface area contributed by atoms with Crippen LogP contribution >= 0.6 is 0 Å². The summed E-state index contributed by atoms with van der Waals surface area (Å²) in [5.74, 6) is -4.06. The molecule has 5 N–H and O–H groups in total. The summed E-state index contributed by atoms with van der Waals surface area (Å²) in [6.07, 6.45) is 0. The number of phenolic OH excluding ortho intramolecular Hbond substituents is 3. The van der Waals surface area contributed by atoms with E-state index in [1.54, 1.807) is 0 Å². The minimum Gasteiger partial charge on any atom is -0.506 e. The number of rotatable bonds is 2. The van der Waals surface area contributed by atoms with Crippen LogP contribution in [0.5, 0.6) is 17.2 Å². The summed E-state index contributed by atoms with van der Waals surface area (Å²) in [7, 11) is -10.5. The maximum absolute atomic E-state index is 10.8. The molecule has 0 amide bonds. The monoisotopic (exact) mass is 286 g/mol. The molecule has 0 radical (unpaired) electrons. The predicted molar refractivity (Wildman–Crippen MR) is 51.1 cm³/mol. The minimum atomic E-state index is -5.30. The fraction of sp³-hybridized carbons (Fsp3) is 0. The van der Waals surface area contributed by atoms with Gasteiger partial charge in [-0.25, -0.2) is 0 Å². The molecule has 11 heteroatoms. The predicted octanol–water partition coefficient (Wildman–Crippen LogP) is -0.703. The molecule has 0 fully saturated rings. The van der Waals surface area contributed by atoms with Crippen molar-refractivity contribution in [2.24, 2.45) is 0 Å². The Kier molecular flexibility index (Phi) is 2.96. The second-order valence-electron chi connectivity index (χ2n) is 2.87. The summed E-state index contributed by atoms with van der Waals surface area (Å²) in [4.78, 5) is -3.34. The molecule has 1 aromatic rings. The van der Waals surface area contributed by atoms with Crippen LogP contribution in [-0.4, -0.2) is 41.3 Å². The van der Waals surface area contributed by atoms with E-state index in [0.29, 0.717) is 0 Å². The van der Waals surface area contributed by atoms with Crippen LogP contribution in [-0.2, 0) is 20.2 Å². The Bertz CT molecular complexity index is 670. The summed E-state index contributed by atoms with van der Waals surface area (Å²) in [5.41, 5.74) is 0. The number of benzene rings is 1. The van der Waals surface area contributed by atoms with Gasteiger partial charge in [0.25, 0.3) is 20.2 Å². The Morgan fingerprint density at radius 3 is 1.53 bits per heavy atom. The molecule has 0 bridgehead atoms. The van der Waals surface area contributed by atoms with Crippen LogP contribution in [0.15, 0.2) is 15.9 Å². The van der Waals surface area contributed by atoms with Gasteiger partial charge in [-0.15, -0.1) is 0 Å². The SMILES string of the molecule is O=S(=O)(O)c1c(O)cc(O)c(O)c1S(=O)(=O)O. The van der Waals surface area contributed by atoms with Gasteiger partial charge in [-0.1, -0.05) is 0 Å². The van der Waals surface area contributed by atoms with Gasteiger partial charge in [0.2, 0.25) is 0 Å². The van der Waals surface area contributed by atoms with Crippen molar-refractivity contribution in [3.05, 3.63) is 6.07 Å². The summed E-state index contributed by atoms with van der Waals surface area (Å²) in [6, 6.07) is 0.285. The number of hydrogen-bond acceptors (Lipinski definition) is 7. The average molecular weight is 286 g/mol. The fourth-order valence-electron chi connectivity index (χ4n) is 1.09. The van der Waals surface area contributed by atoms with Crippen molar-refractivity contribution in [2.75, 3.05) is 0 Å². The van der Waals surface area contributed by atoms with Gasteiger partial charge < -0.3 is 15.3 Å². The second-order valence-corrected chi connectivity index (χ2v) is 5.59. The minimum absolute atomic E-state index is 0.285. The van der Waals surface area contributed by atoms with E-state index in [4.69, 9.17) is 24.4 Å². The quantitative estimate of drug-likeness (QED) is 0.268. The molecule has 0 saturated heterocycles. The zero-order valence-corrected chi connectivity index (χ0v) is 9.40. The van der Waals surface area contributed by atoms with Gasteiger partial charge in [0.15, 0.2) is 21.3 Å². The molecule has 0 aliphatic rings. The van der Waals surface area contributed by atoms with Gasteiger partial charge in [-0.05, 0) is 0 Å². The van der Waals surface area contributed by atoms with Crippen molar-refractivity contribution in [2.45, 2.75) is 9.79 Å². The Hall–Kier alpha value is -1.56. The van der Waals surface area contributed by atoms with Crippen molar-refractivity contribution < 1.29 is 41.3 Å². The fourth-order valence-corrected chi connectivity index (χ4v) is 3.07. The third-order valence-corrected chi connectivity index (χ3v) is 3.66. The van der Waals surface area contributed by atoms with E-state index in [1.807, 2.05) is 0 Å². The van der Waals surface area contributed by atoms with Crippen molar-refractivity contribution in [3.8, 4) is 17.2 Å². The lowest BCUT2D eigenvalue weighted by molar-refractivity contribution is 0.369. The van der Waals surface area contributed by atoms with E-state index in [1.165, 1.54) is 0 Å². The van der Waals surface area contributed by atoms with Crippen LogP contribution in [0.3, 0.4) is 0 Å². The normalized spacial score (nSPS) is 12.6. The van der Waals surface area contributed by atoms with E-state index < -0.39 is 47.3 Å². The smallest absolute Gasteiger partial charge is 0.299 e. The van der Waals surface area contributed by atoms with Crippen LogP contribution in [0.25, 0.3) is 0 Å². The number of aromatic hydroxyl groups is 3. The number of phenols is 3. The third kappa shape index (κ3) is 2.41. The van der Waals surface area contributed by atoms with E-state index in [-0.39, 0.29) is 6.07 Å². The molecule has 0 heterocycles. The van der Waals surface area contributed by atoms with E-state index in [2.05, 4.69) is 0 Å². The standard InChI is InChI=1S/C6H6O9S2/c7-2-1-3(8)5(16(10,11)12)6(4(2)9)17(13,14)15/h1,7-9H,(H,10,11,12)(H,13,14,15). The lowest BCUT2D eigenvalue weighted by Gasteiger charge is -2.09. The summed E-state index contributed by atoms with van der Waals surface area (Å²) in [5, 5.41) is 27.2. The van der Waals surface area contributed by atoms with Crippen molar-refractivity contribution >= 4 is 20.2 Å². The number of hydrogen-bond donors (Lipinski definition) is 5. The van der Waals surface area contributed by atoms with Gasteiger partial charge in [0, 0.05) is 6.07 Å². The molecule has 0 aromatic heterocycles. The molecule has 0 aliphatic carbocycles. The highest BCUT2D eigenvalue weighted by atomic mass is 32.2. The zero-order chi connectivity index (χ0) is 13.6. The van der Waals surface area contributed by atoms with Crippen LogP contribution in [0.2, 0.25) is 0 Å². The van der Waals surface area contributed by atoms with Crippen molar-refractivity contribution in [1.82, 2.24) is 0 Å². The van der Waals surface area contributed by atoms with Gasteiger partial charge in [-0.2, -0.15) is 16.8 Å². The largest absolute Gasteiger partial charge is 0.506 e. The summed E-state index contributed by atoms with van der Waals surface area (Å²) >= 11 is 0. The van der Waals surface area contributed by atoms with Gasteiger partial charge in [0.05, 0.1) is 0 Å². The van der Waals surface area contributed by atoms with Crippen LogP contribution in [0.1, 0.15) is 0 Å². The molecule has 0 saturated carbocycles. The maximum Gasteiger partial charge on any atom is 0.299 e. The Balaban J connectivity index is 4.03. The lowest BCUT2D eigenvalue weighted by atomic mass is 10.3. The average Bonchev–Trinajstić information content (AvgIpc) is 2.06. The second kappa shape index (κ2) is 3.73. The molecule has 0 unspecified atom stereocenters. The third-order valence-electron chi connectivity index (χ3n) is 1.69. The molecular formula is C6H6O9S2. The van der Waals surface area contributed by atoms with Crippen molar-refractivity contribution in [3.63, 3.8) is 0 Å². The van der Waals surface area contributed by atoms with Gasteiger partial charge in [-0.3, -0.25) is 9.11 Å². The molecule has 0 atom stereocenters. The molecule has 17 heavy (non-hydrogen) atoms. The molecule has 0 spiro atoms. The highest BCUT2D eigenvalue weighted by molar-refractivity contribution is 7.89. The molecule has 96 valence electrons. The highest BCUT2D eigenvalue weighted by Crippen LogP contribution is 2.42. The van der Waals surface area contributed by atoms with Crippen molar-refractivity contribution in [1.29, 1.82) is 0 Å². The topological polar surface area (TPSA) is 169 Å². The first-order valence-corrected chi connectivity index (χ1v) is 6.57. The molecule has 0 aliphatic heterocycles. The molecule has 9 nitrogen and oxygen atoms in total. The van der Waals surface area contributed by atoms with E-state index in [9.17, 15) is 16.8 Å². The summed E-state index contributed by atoms with van der Waals surface area (Å²) in [6.45, 7) is 0. The Morgan fingerprint density at radius 1 is 0.765 bits per heavy atom. The molecule has 1 aromatic carbocycles. The molecular weight excluding hydrogens is 280 g/mol. The maximum atomic E-state index is 10.8. The zero-order valence-electron chi connectivity index (χ0n) is 7.76. The first kappa shape index (κ1) is 13.5.